The fraction of sp³-hybridized carbons (Fsp3) is 0.667. The van der Waals surface area contributed by atoms with Gasteiger partial charge in [0, 0.05) is 19.1 Å². The highest BCUT2D eigenvalue weighted by Gasteiger charge is 2.25. The summed E-state index contributed by atoms with van der Waals surface area (Å²) in [4.78, 5) is 11.0. The summed E-state index contributed by atoms with van der Waals surface area (Å²) in [6.07, 6.45) is 1.63. The van der Waals surface area contributed by atoms with Crippen LogP contribution in [0.3, 0.4) is 0 Å². The van der Waals surface area contributed by atoms with Gasteiger partial charge < -0.3 is 10.5 Å². The van der Waals surface area contributed by atoms with E-state index in [2.05, 4.69) is 28.7 Å². The van der Waals surface area contributed by atoms with Crippen LogP contribution < -0.4 is 5.73 Å². The molecule has 5 heteroatoms. The van der Waals surface area contributed by atoms with Crippen LogP contribution in [-0.4, -0.2) is 40.6 Å². The highest BCUT2D eigenvalue weighted by Crippen LogP contribution is 2.21. The Labute approximate surface area is 102 Å². The van der Waals surface area contributed by atoms with E-state index in [1.165, 1.54) is 0 Å². The predicted octanol–water partition coefficient (Wildman–Crippen LogP) is 1.15. The van der Waals surface area contributed by atoms with E-state index >= 15 is 0 Å². The number of hydrogen-bond donors (Lipinski definition) is 1. The smallest absolute Gasteiger partial charge is 0.158 e. The zero-order valence-corrected chi connectivity index (χ0v) is 10.7. The zero-order valence-electron chi connectivity index (χ0n) is 10.7. The largest absolute Gasteiger partial charge is 0.396 e. The number of morpholine rings is 1. The molecule has 0 aromatic carbocycles. The Morgan fingerprint density at radius 2 is 2.29 bits per heavy atom. The van der Waals surface area contributed by atoms with E-state index in [1.807, 2.05) is 6.92 Å². The molecule has 2 rings (SSSR count). The van der Waals surface area contributed by atoms with Crippen LogP contribution in [-0.2, 0) is 4.74 Å². The predicted molar refractivity (Wildman–Crippen MR) is 66.6 cm³/mol. The van der Waals surface area contributed by atoms with E-state index in [-0.39, 0.29) is 6.10 Å². The number of hydrogen-bond acceptors (Lipinski definition) is 5. The van der Waals surface area contributed by atoms with Crippen LogP contribution in [0.4, 0.5) is 5.69 Å². The summed E-state index contributed by atoms with van der Waals surface area (Å²) in [5.41, 5.74) is 7.17. The second-order valence-corrected chi connectivity index (χ2v) is 4.72. The van der Waals surface area contributed by atoms with E-state index in [0.29, 0.717) is 11.7 Å². The standard InChI is InChI=1S/C12H20N4O/c1-8(2)16-4-5-17-11(7-16)12-14-6-10(13)9(3)15-12/h6,8,11H,4-5,7,13H2,1-3H3. The van der Waals surface area contributed by atoms with Gasteiger partial charge in [0.05, 0.1) is 24.2 Å². The Kier molecular flexibility index (Phi) is 3.59. The lowest BCUT2D eigenvalue weighted by Gasteiger charge is -2.34. The van der Waals surface area contributed by atoms with Gasteiger partial charge in [-0.3, -0.25) is 4.90 Å². The fourth-order valence-electron chi connectivity index (χ4n) is 1.94. The van der Waals surface area contributed by atoms with Crippen LogP contribution in [0.1, 0.15) is 31.5 Å². The van der Waals surface area contributed by atoms with Crippen molar-refractivity contribution in [3.05, 3.63) is 17.7 Å². The summed E-state index contributed by atoms with van der Waals surface area (Å²) in [5, 5.41) is 0. The number of nitrogens with two attached hydrogens (primary N) is 1. The normalized spacial score (nSPS) is 22.0. The maximum Gasteiger partial charge on any atom is 0.158 e. The second kappa shape index (κ2) is 4.98. The van der Waals surface area contributed by atoms with Crippen LogP contribution in [0.15, 0.2) is 6.20 Å². The fourth-order valence-corrected chi connectivity index (χ4v) is 1.94. The molecule has 1 aliphatic heterocycles. The topological polar surface area (TPSA) is 64.3 Å². The van der Waals surface area contributed by atoms with Gasteiger partial charge in [-0.1, -0.05) is 0 Å². The lowest BCUT2D eigenvalue weighted by atomic mass is 10.2. The molecule has 0 saturated carbocycles. The molecule has 0 spiro atoms. The summed E-state index contributed by atoms with van der Waals surface area (Å²) in [5.74, 6) is 0.738. The molecule has 2 N–H and O–H groups in total. The van der Waals surface area contributed by atoms with Gasteiger partial charge in [0.25, 0.3) is 0 Å². The summed E-state index contributed by atoms with van der Waals surface area (Å²) >= 11 is 0. The molecular weight excluding hydrogens is 216 g/mol. The minimum absolute atomic E-state index is 0.0366. The van der Waals surface area contributed by atoms with Crippen molar-refractivity contribution >= 4 is 5.69 Å². The van der Waals surface area contributed by atoms with Gasteiger partial charge in [-0.15, -0.1) is 0 Å². The van der Waals surface area contributed by atoms with Crippen LogP contribution in [0.25, 0.3) is 0 Å². The lowest BCUT2D eigenvalue weighted by Crippen LogP contribution is -2.42. The molecule has 1 aromatic rings. The van der Waals surface area contributed by atoms with E-state index in [0.717, 1.165) is 31.2 Å². The number of rotatable bonds is 2. The third-order valence-corrected chi connectivity index (χ3v) is 3.15. The first kappa shape index (κ1) is 12.3. The highest BCUT2D eigenvalue weighted by molar-refractivity contribution is 5.39. The molecule has 1 aliphatic rings. The molecule has 1 fully saturated rings. The Bertz CT molecular complexity index is 394. The third kappa shape index (κ3) is 2.73. The molecule has 0 bridgehead atoms. The number of nitrogen functional groups attached to an aromatic ring is 1. The number of aryl methyl sites for hydroxylation is 1. The third-order valence-electron chi connectivity index (χ3n) is 3.15. The van der Waals surface area contributed by atoms with Gasteiger partial charge >= 0.3 is 0 Å². The van der Waals surface area contributed by atoms with Gasteiger partial charge in [-0.05, 0) is 20.8 Å². The summed E-state index contributed by atoms with van der Waals surface area (Å²) in [6, 6.07) is 0.524. The van der Waals surface area contributed by atoms with Gasteiger partial charge in [-0.25, -0.2) is 9.97 Å². The van der Waals surface area contributed by atoms with Crippen LogP contribution >= 0.6 is 0 Å². The average Bonchev–Trinajstić information content (AvgIpc) is 2.33. The van der Waals surface area contributed by atoms with Gasteiger partial charge in [-0.2, -0.15) is 0 Å². The van der Waals surface area contributed by atoms with Crippen molar-refractivity contribution in [2.24, 2.45) is 0 Å². The molecule has 0 radical (unpaired) electrons. The number of anilines is 1. The molecule has 2 heterocycles. The van der Waals surface area contributed by atoms with Crippen molar-refractivity contribution in [2.45, 2.75) is 32.9 Å². The maximum absolute atomic E-state index is 5.73. The minimum Gasteiger partial charge on any atom is -0.396 e. The van der Waals surface area contributed by atoms with Crippen molar-refractivity contribution in [1.29, 1.82) is 0 Å². The Balaban J connectivity index is 2.13. The van der Waals surface area contributed by atoms with Crippen molar-refractivity contribution in [1.82, 2.24) is 14.9 Å². The second-order valence-electron chi connectivity index (χ2n) is 4.72. The molecule has 1 saturated heterocycles. The summed E-state index contributed by atoms with van der Waals surface area (Å²) < 4.78 is 5.73. The van der Waals surface area contributed by atoms with Crippen molar-refractivity contribution in [3.8, 4) is 0 Å². The molecule has 0 amide bonds. The Morgan fingerprint density at radius 1 is 1.53 bits per heavy atom. The maximum atomic E-state index is 5.73. The summed E-state index contributed by atoms with van der Waals surface area (Å²) in [6.45, 7) is 8.83. The zero-order chi connectivity index (χ0) is 12.4. The molecule has 0 aliphatic carbocycles. The van der Waals surface area contributed by atoms with E-state index < -0.39 is 0 Å². The van der Waals surface area contributed by atoms with Gasteiger partial charge in [0.2, 0.25) is 0 Å². The van der Waals surface area contributed by atoms with Crippen LogP contribution in [0.2, 0.25) is 0 Å². The molecule has 1 unspecified atom stereocenters. The van der Waals surface area contributed by atoms with Crippen molar-refractivity contribution < 1.29 is 4.74 Å². The minimum atomic E-state index is -0.0366. The van der Waals surface area contributed by atoms with Crippen molar-refractivity contribution in [2.75, 3.05) is 25.4 Å². The van der Waals surface area contributed by atoms with E-state index in [9.17, 15) is 0 Å². The Morgan fingerprint density at radius 3 is 2.94 bits per heavy atom. The van der Waals surface area contributed by atoms with E-state index in [4.69, 9.17) is 10.5 Å². The van der Waals surface area contributed by atoms with Crippen LogP contribution in [0, 0.1) is 6.92 Å². The molecule has 5 nitrogen and oxygen atoms in total. The SMILES string of the molecule is Cc1nc(C2CN(C(C)C)CCO2)ncc1N. The lowest BCUT2D eigenvalue weighted by molar-refractivity contribution is -0.0443. The monoisotopic (exact) mass is 236 g/mol. The molecule has 94 valence electrons. The quantitative estimate of drug-likeness (QED) is 0.834. The molecule has 17 heavy (non-hydrogen) atoms. The molecule has 1 atom stereocenters. The number of ether oxygens (including phenoxy) is 1. The molecular formula is C12H20N4O. The first-order valence-electron chi connectivity index (χ1n) is 6.02. The Hall–Kier alpha value is -1.20. The number of aromatic nitrogens is 2. The average molecular weight is 236 g/mol. The van der Waals surface area contributed by atoms with E-state index in [1.54, 1.807) is 6.20 Å². The molecule has 1 aromatic heterocycles. The van der Waals surface area contributed by atoms with Gasteiger partial charge in [0.15, 0.2) is 5.82 Å². The van der Waals surface area contributed by atoms with Crippen LogP contribution in [0.5, 0.6) is 0 Å². The van der Waals surface area contributed by atoms with Gasteiger partial charge in [0.1, 0.15) is 6.10 Å². The summed E-state index contributed by atoms with van der Waals surface area (Å²) in [7, 11) is 0. The first-order valence-corrected chi connectivity index (χ1v) is 6.02. The number of nitrogens with zero attached hydrogens (tertiary/aromatic N) is 3. The first-order chi connectivity index (χ1) is 8.08. The van der Waals surface area contributed by atoms with Crippen molar-refractivity contribution in [3.63, 3.8) is 0 Å². The highest BCUT2D eigenvalue weighted by atomic mass is 16.5.